The molecule has 1 aromatic carbocycles. The number of hydrogen-bond acceptors (Lipinski definition) is 3. The lowest BCUT2D eigenvalue weighted by molar-refractivity contribution is -0.142. The minimum absolute atomic E-state index is 0.00943. The molecule has 3 rings (SSSR count). The molecule has 0 atom stereocenters. The van der Waals surface area contributed by atoms with Crippen LogP contribution in [-0.2, 0) is 16.0 Å². The number of carbonyl (C=O) groups excluding carboxylic acids is 2. The second kappa shape index (κ2) is 8.00. The molecular weight excluding hydrogens is 316 g/mol. The van der Waals surface area contributed by atoms with E-state index < -0.39 is 11.5 Å². The average molecular weight is 344 g/mol. The van der Waals surface area contributed by atoms with Crippen LogP contribution < -0.4 is 5.32 Å². The van der Waals surface area contributed by atoms with Crippen molar-refractivity contribution in [3.8, 4) is 0 Å². The maximum Gasteiger partial charge on any atom is 0.252 e. The number of benzene rings is 1. The Balaban J connectivity index is 1.40. The number of rotatable bonds is 5. The molecule has 1 saturated heterocycles. The van der Waals surface area contributed by atoms with E-state index in [-0.39, 0.29) is 12.5 Å². The third kappa shape index (κ3) is 4.60. The molecular formula is C20H28N2O3. The Morgan fingerprint density at radius 3 is 2.40 bits per heavy atom. The Morgan fingerprint density at radius 1 is 1.12 bits per heavy atom. The van der Waals surface area contributed by atoms with Crippen molar-refractivity contribution in [1.29, 1.82) is 0 Å². The van der Waals surface area contributed by atoms with Crippen molar-refractivity contribution in [2.24, 2.45) is 5.92 Å². The van der Waals surface area contributed by atoms with Crippen LogP contribution in [0.4, 0.5) is 0 Å². The smallest absolute Gasteiger partial charge is 0.252 e. The number of aliphatic hydroxyl groups is 1. The first kappa shape index (κ1) is 17.9. The van der Waals surface area contributed by atoms with Gasteiger partial charge in [0.1, 0.15) is 5.60 Å². The summed E-state index contributed by atoms with van der Waals surface area (Å²) in [6.45, 7) is 1.48. The van der Waals surface area contributed by atoms with Crippen molar-refractivity contribution >= 4 is 11.8 Å². The minimum atomic E-state index is -1.26. The quantitative estimate of drug-likeness (QED) is 0.857. The highest BCUT2D eigenvalue weighted by atomic mass is 16.3. The molecule has 1 aromatic rings. The number of amides is 2. The maximum absolute atomic E-state index is 12.3. The zero-order valence-electron chi connectivity index (χ0n) is 14.7. The lowest BCUT2D eigenvalue weighted by Gasteiger charge is -2.32. The van der Waals surface area contributed by atoms with Crippen LogP contribution in [0.5, 0.6) is 0 Å². The van der Waals surface area contributed by atoms with Gasteiger partial charge in [0.05, 0.1) is 6.54 Å². The summed E-state index contributed by atoms with van der Waals surface area (Å²) in [5, 5.41) is 12.9. The van der Waals surface area contributed by atoms with E-state index in [9.17, 15) is 14.7 Å². The van der Waals surface area contributed by atoms with Gasteiger partial charge < -0.3 is 15.3 Å². The van der Waals surface area contributed by atoms with Gasteiger partial charge in [-0.2, -0.15) is 0 Å². The van der Waals surface area contributed by atoms with Crippen LogP contribution in [0.25, 0.3) is 0 Å². The van der Waals surface area contributed by atoms with Crippen LogP contribution >= 0.6 is 0 Å². The highest BCUT2D eigenvalue weighted by molar-refractivity contribution is 5.89. The van der Waals surface area contributed by atoms with Gasteiger partial charge in [-0.3, -0.25) is 9.59 Å². The molecule has 1 aliphatic carbocycles. The predicted octanol–water partition coefficient (Wildman–Crippen LogP) is 1.89. The Labute approximate surface area is 149 Å². The van der Waals surface area contributed by atoms with Crippen LogP contribution in [0.15, 0.2) is 30.3 Å². The lowest BCUT2D eigenvalue weighted by Crippen LogP contribution is -2.49. The Hall–Kier alpha value is -1.88. The van der Waals surface area contributed by atoms with E-state index in [2.05, 4.69) is 29.6 Å². The normalized spacial score (nSPS) is 20.4. The molecule has 2 fully saturated rings. The van der Waals surface area contributed by atoms with E-state index in [1.807, 2.05) is 11.0 Å². The average Bonchev–Trinajstić information content (AvgIpc) is 3.09. The molecule has 0 aromatic heterocycles. The van der Waals surface area contributed by atoms with Gasteiger partial charge in [0.15, 0.2) is 0 Å². The summed E-state index contributed by atoms with van der Waals surface area (Å²) in [4.78, 5) is 26.2. The van der Waals surface area contributed by atoms with Crippen molar-refractivity contribution in [3.63, 3.8) is 0 Å². The van der Waals surface area contributed by atoms with Crippen molar-refractivity contribution in [2.75, 3.05) is 19.6 Å². The van der Waals surface area contributed by atoms with Crippen LogP contribution in [0.3, 0.4) is 0 Å². The van der Waals surface area contributed by atoms with Crippen molar-refractivity contribution in [3.05, 3.63) is 35.9 Å². The molecule has 2 N–H and O–H groups in total. The van der Waals surface area contributed by atoms with Gasteiger partial charge in [-0.1, -0.05) is 30.3 Å². The Bertz CT molecular complexity index is 588. The second-order valence-electron chi connectivity index (χ2n) is 7.44. The van der Waals surface area contributed by atoms with Crippen molar-refractivity contribution in [1.82, 2.24) is 10.2 Å². The number of carbonyl (C=O) groups is 2. The summed E-state index contributed by atoms with van der Waals surface area (Å²) >= 11 is 0. The van der Waals surface area contributed by atoms with Gasteiger partial charge in [0.25, 0.3) is 5.91 Å². The third-order valence-electron chi connectivity index (χ3n) is 5.59. The van der Waals surface area contributed by atoms with E-state index in [0.717, 1.165) is 45.2 Å². The highest BCUT2D eigenvalue weighted by Crippen LogP contribution is 2.29. The minimum Gasteiger partial charge on any atom is -0.380 e. The summed E-state index contributed by atoms with van der Waals surface area (Å²) in [5.74, 6) is 0.172. The first-order valence-corrected chi connectivity index (χ1v) is 9.39. The summed E-state index contributed by atoms with van der Waals surface area (Å²) in [6.07, 6.45) is 5.79. The zero-order valence-corrected chi connectivity index (χ0v) is 14.7. The van der Waals surface area contributed by atoms with Crippen LogP contribution in [0.1, 0.15) is 44.1 Å². The topological polar surface area (TPSA) is 69.6 Å². The first-order chi connectivity index (χ1) is 12.1. The predicted molar refractivity (Wildman–Crippen MR) is 95.9 cm³/mol. The molecule has 2 aliphatic rings. The number of nitrogens with one attached hydrogen (secondary N) is 1. The van der Waals surface area contributed by atoms with Crippen LogP contribution in [0, 0.1) is 5.92 Å². The summed E-state index contributed by atoms with van der Waals surface area (Å²) in [5.41, 5.74) is 0.0903. The number of likely N-dealkylation sites (tertiary alicyclic amines) is 1. The molecule has 2 amide bonds. The van der Waals surface area contributed by atoms with Gasteiger partial charge in [0.2, 0.25) is 5.91 Å². The molecule has 5 nitrogen and oxygen atoms in total. The van der Waals surface area contributed by atoms with Crippen LogP contribution in [-0.4, -0.2) is 47.1 Å². The number of nitrogens with zero attached hydrogens (tertiary/aromatic N) is 1. The highest BCUT2D eigenvalue weighted by Gasteiger charge is 2.39. The SMILES string of the molecule is O=C(CNC(=O)C1(O)CCCC1)N1CCC(Cc2ccccc2)CC1. The fraction of sp³-hybridized carbons (Fsp3) is 0.600. The summed E-state index contributed by atoms with van der Waals surface area (Å²) in [6, 6.07) is 10.5. The molecule has 1 aliphatic heterocycles. The molecule has 0 unspecified atom stereocenters. The standard InChI is InChI=1S/C20H28N2O3/c23-18(15-21-19(24)20(25)10-4-5-11-20)22-12-8-17(9-13-22)14-16-6-2-1-3-7-16/h1-3,6-7,17,25H,4-5,8-15H2,(H,21,24). The molecule has 5 heteroatoms. The zero-order chi connectivity index (χ0) is 17.7. The van der Waals surface area contributed by atoms with Gasteiger partial charge in [0, 0.05) is 13.1 Å². The summed E-state index contributed by atoms with van der Waals surface area (Å²) in [7, 11) is 0. The molecule has 0 spiro atoms. The first-order valence-electron chi connectivity index (χ1n) is 9.39. The van der Waals surface area contributed by atoms with Gasteiger partial charge in [-0.25, -0.2) is 0 Å². The van der Waals surface area contributed by atoms with E-state index in [4.69, 9.17) is 0 Å². The maximum atomic E-state index is 12.3. The van der Waals surface area contributed by atoms with Gasteiger partial charge in [-0.05, 0) is 56.4 Å². The Morgan fingerprint density at radius 2 is 1.76 bits per heavy atom. The Kier molecular flexibility index (Phi) is 5.74. The second-order valence-corrected chi connectivity index (χ2v) is 7.44. The fourth-order valence-electron chi connectivity index (χ4n) is 3.95. The van der Waals surface area contributed by atoms with E-state index >= 15 is 0 Å². The fourth-order valence-corrected chi connectivity index (χ4v) is 3.95. The van der Waals surface area contributed by atoms with E-state index in [0.29, 0.717) is 18.8 Å². The van der Waals surface area contributed by atoms with E-state index in [1.165, 1.54) is 5.56 Å². The third-order valence-corrected chi connectivity index (χ3v) is 5.59. The molecule has 0 radical (unpaired) electrons. The van der Waals surface area contributed by atoms with Gasteiger partial charge in [-0.15, -0.1) is 0 Å². The summed E-state index contributed by atoms with van der Waals surface area (Å²) < 4.78 is 0. The number of piperidine rings is 1. The molecule has 25 heavy (non-hydrogen) atoms. The van der Waals surface area contributed by atoms with Crippen molar-refractivity contribution < 1.29 is 14.7 Å². The molecule has 136 valence electrons. The van der Waals surface area contributed by atoms with Crippen LogP contribution in [0.2, 0.25) is 0 Å². The lowest BCUT2D eigenvalue weighted by atomic mass is 9.90. The largest absolute Gasteiger partial charge is 0.380 e. The molecule has 1 saturated carbocycles. The van der Waals surface area contributed by atoms with Gasteiger partial charge >= 0.3 is 0 Å². The number of hydrogen-bond donors (Lipinski definition) is 2. The molecule has 1 heterocycles. The monoisotopic (exact) mass is 344 g/mol. The van der Waals surface area contributed by atoms with E-state index in [1.54, 1.807) is 0 Å². The van der Waals surface area contributed by atoms with Crippen molar-refractivity contribution in [2.45, 2.75) is 50.5 Å². The molecule has 0 bridgehead atoms.